The fraction of sp³-hybridized carbons (Fsp3) is 0.381. The van der Waals surface area contributed by atoms with E-state index in [4.69, 9.17) is 4.74 Å². The summed E-state index contributed by atoms with van der Waals surface area (Å²) in [5, 5.41) is 1.72. The van der Waals surface area contributed by atoms with Gasteiger partial charge in [0.25, 0.3) is 0 Å². The molecule has 1 aliphatic rings. The first-order valence-corrected chi connectivity index (χ1v) is 9.54. The second kappa shape index (κ2) is 8.95. The molecular formula is C21H19F4NOS. The van der Waals surface area contributed by atoms with Crippen LogP contribution in [0.3, 0.4) is 0 Å². The Morgan fingerprint density at radius 2 is 1.68 bits per heavy atom. The molecule has 0 radical (unpaired) electrons. The van der Waals surface area contributed by atoms with Crippen molar-refractivity contribution in [1.82, 2.24) is 0 Å². The van der Waals surface area contributed by atoms with Crippen LogP contribution in [0.15, 0.2) is 29.3 Å². The summed E-state index contributed by atoms with van der Waals surface area (Å²) in [5.74, 6) is -5.69. The van der Waals surface area contributed by atoms with Crippen LogP contribution in [0.25, 0.3) is 11.1 Å². The SMILES string of the molecule is CCCC1CC[C@@H](c2ccc(-c3c(F)c(F)c(N=C=S)c(F)c3F)cc2)OC1. The van der Waals surface area contributed by atoms with Crippen molar-refractivity contribution in [3.63, 3.8) is 0 Å². The quantitative estimate of drug-likeness (QED) is 0.232. The summed E-state index contributed by atoms with van der Waals surface area (Å²) in [6.45, 7) is 2.82. The number of nitrogens with zero attached hydrogens (tertiary/aromatic N) is 1. The number of thiocarbonyl (C=S) groups is 1. The molecule has 0 saturated carbocycles. The van der Waals surface area contributed by atoms with Gasteiger partial charge in [0.15, 0.2) is 29.0 Å². The van der Waals surface area contributed by atoms with Crippen LogP contribution in [0.5, 0.6) is 0 Å². The van der Waals surface area contributed by atoms with Crippen molar-refractivity contribution in [2.24, 2.45) is 10.9 Å². The molecule has 2 nitrogen and oxygen atoms in total. The molecule has 1 fully saturated rings. The highest BCUT2D eigenvalue weighted by molar-refractivity contribution is 7.78. The minimum atomic E-state index is -1.60. The Morgan fingerprint density at radius 3 is 2.18 bits per heavy atom. The third-order valence-electron chi connectivity index (χ3n) is 5.04. The Labute approximate surface area is 166 Å². The Hall–Kier alpha value is -2.08. The summed E-state index contributed by atoms with van der Waals surface area (Å²) in [4.78, 5) is 3.07. The molecule has 3 rings (SSSR count). The molecule has 0 spiro atoms. The van der Waals surface area contributed by atoms with Gasteiger partial charge < -0.3 is 4.74 Å². The lowest BCUT2D eigenvalue weighted by molar-refractivity contribution is -0.0194. The van der Waals surface area contributed by atoms with Crippen LogP contribution in [0.2, 0.25) is 0 Å². The molecule has 1 aliphatic heterocycles. The van der Waals surface area contributed by atoms with Crippen LogP contribution in [0.4, 0.5) is 23.2 Å². The van der Waals surface area contributed by atoms with Crippen molar-refractivity contribution in [3.8, 4) is 11.1 Å². The number of isothiocyanates is 1. The van der Waals surface area contributed by atoms with E-state index >= 15 is 0 Å². The zero-order valence-corrected chi connectivity index (χ0v) is 16.1. The Bertz CT molecular complexity index is 873. The Morgan fingerprint density at radius 1 is 1.04 bits per heavy atom. The second-order valence-corrected chi connectivity index (χ2v) is 7.04. The molecule has 0 amide bonds. The van der Waals surface area contributed by atoms with Gasteiger partial charge in [-0.3, -0.25) is 0 Å². The number of halogens is 4. The molecule has 0 aromatic heterocycles. The molecule has 148 valence electrons. The van der Waals surface area contributed by atoms with Crippen LogP contribution in [0.1, 0.15) is 44.3 Å². The van der Waals surface area contributed by atoms with Crippen molar-refractivity contribution in [2.45, 2.75) is 38.7 Å². The van der Waals surface area contributed by atoms with Crippen molar-refractivity contribution < 1.29 is 22.3 Å². The zero-order chi connectivity index (χ0) is 20.3. The van der Waals surface area contributed by atoms with Gasteiger partial charge in [-0.05, 0) is 48.5 Å². The lowest BCUT2D eigenvalue weighted by Crippen LogP contribution is -2.20. The molecule has 2 aromatic carbocycles. The first-order valence-electron chi connectivity index (χ1n) is 9.13. The van der Waals surface area contributed by atoms with Gasteiger partial charge in [-0.15, -0.1) is 0 Å². The lowest BCUT2D eigenvalue weighted by Gasteiger charge is -2.29. The van der Waals surface area contributed by atoms with E-state index in [0.29, 0.717) is 12.5 Å². The smallest absolute Gasteiger partial charge is 0.189 e. The van der Waals surface area contributed by atoms with E-state index in [0.717, 1.165) is 31.2 Å². The maximum atomic E-state index is 14.4. The predicted octanol–water partition coefficient (Wildman–Crippen LogP) is 6.91. The Balaban J connectivity index is 1.88. The summed E-state index contributed by atoms with van der Waals surface area (Å²) in [6.07, 6.45) is 4.07. The first kappa shape index (κ1) is 20.6. The lowest BCUT2D eigenvalue weighted by atomic mass is 9.91. The van der Waals surface area contributed by atoms with E-state index in [1.54, 1.807) is 17.3 Å². The summed E-state index contributed by atoms with van der Waals surface area (Å²) in [5.41, 5.74) is -1.02. The van der Waals surface area contributed by atoms with Gasteiger partial charge >= 0.3 is 0 Å². The zero-order valence-electron chi connectivity index (χ0n) is 15.3. The summed E-state index contributed by atoms with van der Waals surface area (Å²) in [6, 6.07) is 6.19. The van der Waals surface area contributed by atoms with Gasteiger partial charge in [-0.1, -0.05) is 37.6 Å². The third kappa shape index (κ3) is 4.02. The second-order valence-electron chi connectivity index (χ2n) is 6.86. The standard InChI is InChI=1S/C21H19F4NOS/c1-2-3-12-4-9-15(27-10-12)13-5-7-14(8-6-13)16-17(22)19(24)21(26-11-28)20(25)18(16)23/h5-8,12,15H,2-4,9-10H2,1H3/t12?,15-/m0/s1. The molecule has 0 N–H and O–H groups in total. The van der Waals surface area contributed by atoms with Gasteiger partial charge in [0, 0.05) is 0 Å². The highest BCUT2D eigenvalue weighted by Gasteiger charge is 2.27. The summed E-state index contributed by atoms with van der Waals surface area (Å²) in [7, 11) is 0. The monoisotopic (exact) mass is 409 g/mol. The van der Waals surface area contributed by atoms with Gasteiger partial charge in [0.1, 0.15) is 0 Å². The average molecular weight is 409 g/mol. The van der Waals surface area contributed by atoms with E-state index in [2.05, 4.69) is 24.1 Å². The minimum absolute atomic E-state index is 0.0223. The van der Waals surface area contributed by atoms with Gasteiger partial charge in [0.2, 0.25) is 0 Å². The minimum Gasteiger partial charge on any atom is -0.373 e. The largest absolute Gasteiger partial charge is 0.373 e. The molecule has 1 unspecified atom stereocenters. The van der Waals surface area contributed by atoms with Gasteiger partial charge in [-0.2, -0.15) is 4.99 Å². The molecule has 2 aromatic rings. The number of hydrogen-bond acceptors (Lipinski definition) is 3. The topological polar surface area (TPSA) is 21.6 Å². The fourth-order valence-electron chi connectivity index (χ4n) is 3.59. The number of rotatable bonds is 5. The van der Waals surface area contributed by atoms with Crippen LogP contribution in [0, 0.1) is 29.2 Å². The highest BCUT2D eigenvalue weighted by atomic mass is 32.1. The van der Waals surface area contributed by atoms with Crippen LogP contribution < -0.4 is 0 Å². The fourth-order valence-corrected chi connectivity index (χ4v) is 3.68. The van der Waals surface area contributed by atoms with Crippen LogP contribution in [-0.2, 0) is 4.74 Å². The van der Waals surface area contributed by atoms with Crippen LogP contribution in [-0.4, -0.2) is 11.8 Å². The van der Waals surface area contributed by atoms with Gasteiger partial charge in [-0.25, -0.2) is 17.6 Å². The molecule has 1 saturated heterocycles. The maximum absolute atomic E-state index is 14.4. The maximum Gasteiger partial charge on any atom is 0.189 e. The van der Waals surface area contributed by atoms with E-state index in [9.17, 15) is 17.6 Å². The van der Waals surface area contributed by atoms with Gasteiger partial charge in [0.05, 0.1) is 23.4 Å². The number of ether oxygens (including phenoxy) is 1. The third-order valence-corrected chi connectivity index (χ3v) is 5.13. The van der Waals surface area contributed by atoms with Crippen LogP contribution >= 0.6 is 12.2 Å². The number of aliphatic imine (C=N–C) groups is 1. The van der Waals surface area contributed by atoms with Crippen molar-refractivity contribution in [3.05, 3.63) is 53.1 Å². The number of hydrogen-bond donors (Lipinski definition) is 0. The predicted molar refractivity (Wildman–Crippen MR) is 103 cm³/mol. The van der Waals surface area contributed by atoms with E-state index < -0.39 is 34.5 Å². The summed E-state index contributed by atoms with van der Waals surface area (Å²) >= 11 is 4.26. The van der Waals surface area contributed by atoms with E-state index in [-0.39, 0.29) is 11.7 Å². The molecule has 1 heterocycles. The van der Waals surface area contributed by atoms with Crippen molar-refractivity contribution in [2.75, 3.05) is 6.61 Å². The summed E-state index contributed by atoms with van der Waals surface area (Å²) < 4.78 is 62.7. The first-order chi connectivity index (χ1) is 13.5. The average Bonchev–Trinajstić information content (AvgIpc) is 2.71. The van der Waals surface area contributed by atoms with E-state index in [1.807, 2.05) is 0 Å². The van der Waals surface area contributed by atoms with Crippen molar-refractivity contribution in [1.29, 1.82) is 0 Å². The molecule has 7 heteroatoms. The highest BCUT2D eigenvalue weighted by Crippen LogP contribution is 2.37. The Kier molecular flexibility index (Phi) is 6.60. The molecule has 0 bridgehead atoms. The normalized spacial score (nSPS) is 19.3. The molecule has 2 atom stereocenters. The molecular weight excluding hydrogens is 390 g/mol. The molecule has 0 aliphatic carbocycles. The van der Waals surface area contributed by atoms with Crippen molar-refractivity contribution >= 4 is 23.1 Å². The molecule has 28 heavy (non-hydrogen) atoms. The van der Waals surface area contributed by atoms with E-state index in [1.165, 1.54) is 12.1 Å². The number of benzene rings is 2.